The van der Waals surface area contributed by atoms with Gasteiger partial charge in [0.25, 0.3) is 5.91 Å². The Kier molecular flexibility index (Phi) is 5.12. The predicted molar refractivity (Wildman–Crippen MR) is 117 cm³/mol. The number of fused-ring (bicyclic) bond motifs is 2. The summed E-state index contributed by atoms with van der Waals surface area (Å²) in [6.45, 7) is 5.27. The zero-order valence-corrected chi connectivity index (χ0v) is 18.2. The number of carbonyl (C=O) groups is 2. The van der Waals surface area contributed by atoms with Crippen molar-refractivity contribution >= 4 is 22.8 Å². The predicted octanol–water partition coefficient (Wildman–Crippen LogP) is 2.71. The second-order valence-electron chi connectivity index (χ2n) is 9.33. The number of amides is 3. The Labute approximate surface area is 181 Å². The van der Waals surface area contributed by atoms with Gasteiger partial charge in [-0.1, -0.05) is 6.07 Å². The minimum Gasteiger partial charge on any atom is -0.350 e. The summed E-state index contributed by atoms with van der Waals surface area (Å²) in [5.41, 5.74) is 2.01. The number of carbonyl (C=O) groups excluding carboxylic acids is 2. The van der Waals surface area contributed by atoms with Crippen molar-refractivity contribution in [2.24, 2.45) is 0 Å². The number of aromatic amines is 1. The molecule has 7 nitrogen and oxygen atoms in total. The maximum absolute atomic E-state index is 14.1. The quantitative estimate of drug-likeness (QED) is 0.791. The average Bonchev–Trinajstić information content (AvgIpc) is 3.34. The second-order valence-corrected chi connectivity index (χ2v) is 9.33. The van der Waals surface area contributed by atoms with Gasteiger partial charge in [0.2, 0.25) is 0 Å². The first-order chi connectivity index (χ1) is 14.9. The SMILES string of the molecule is Cc1ccc(F)c2cc(C(=O)N[C@@H]3CCC[C@@H](N4CCN5C(=O)N(C)C[C@@H]5C4)C3)[nH]c12. The van der Waals surface area contributed by atoms with Crippen LogP contribution in [0.25, 0.3) is 10.9 Å². The van der Waals surface area contributed by atoms with Gasteiger partial charge < -0.3 is 20.1 Å². The zero-order valence-electron chi connectivity index (χ0n) is 18.2. The molecule has 1 aromatic heterocycles. The summed E-state index contributed by atoms with van der Waals surface area (Å²) in [5, 5.41) is 3.63. The van der Waals surface area contributed by atoms with Gasteiger partial charge in [-0.2, -0.15) is 0 Å². The number of urea groups is 1. The lowest BCUT2D eigenvalue weighted by Gasteiger charge is -2.43. The first-order valence-corrected chi connectivity index (χ1v) is 11.2. The van der Waals surface area contributed by atoms with Crippen LogP contribution in [0.5, 0.6) is 0 Å². The summed E-state index contributed by atoms with van der Waals surface area (Å²) < 4.78 is 14.1. The monoisotopic (exact) mass is 427 g/mol. The number of hydrogen-bond donors (Lipinski definition) is 2. The average molecular weight is 428 g/mol. The van der Waals surface area contributed by atoms with Crippen LogP contribution < -0.4 is 5.32 Å². The zero-order chi connectivity index (χ0) is 21.7. The van der Waals surface area contributed by atoms with Gasteiger partial charge in [-0.05, 0) is 50.3 Å². The van der Waals surface area contributed by atoms with Crippen LogP contribution in [0.1, 0.15) is 41.7 Å². The third-order valence-corrected chi connectivity index (χ3v) is 7.26. The van der Waals surface area contributed by atoms with Gasteiger partial charge in [-0.25, -0.2) is 9.18 Å². The molecule has 1 saturated carbocycles. The molecule has 2 aliphatic heterocycles. The van der Waals surface area contributed by atoms with Crippen molar-refractivity contribution in [3.8, 4) is 0 Å². The Balaban J connectivity index is 1.23. The van der Waals surface area contributed by atoms with Crippen LogP contribution in [0, 0.1) is 12.7 Å². The number of halogens is 1. The van der Waals surface area contributed by atoms with E-state index in [1.54, 1.807) is 12.1 Å². The fourth-order valence-electron chi connectivity index (χ4n) is 5.57. The lowest BCUT2D eigenvalue weighted by Crippen LogP contribution is -2.56. The van der Waals surface area contributed by atoms with E-state index in [4.69, 9.17) is 0 Å². The topological polar surface area (TPSA) is 71.7 Å². The number of likely N-dealkylation sites (N-methyl/N-ethyl adjacent to an activating group) is 1. The summed E-state index contributed by atoms with van der Waals surface area (Å²) in [6.07, 6.45) is 4.07. The molecule has 3 amide bonds. The van der Waals surface area contributed by atoms with E-state index in [-0.39, 0.29) is 29.8 Å². The van der Waals surface area contributed by atoms with Crippen LogP contribution in [-0.2, 0) is 0 Å². The molecule has 0 radical (unpaired) electrons. The number of nitrogens with one attached hydrogen (secondary N) is 2. The highest BCUT2D eigenvalue weighted by atomic mass is 19.1. The van der Waals surface area contributed by atoms with Crippen LogP contribution in [0.2, 0.25) is 0 Å². The largest absolute Gasteiger partial charge is 0.350 e. The Morgan fingerprint density at radius 3 is 2.84 bits per heavy atom. The molecule has 8 heteroatoms. The van der Waals surface area contributed by atoms with Crippen LogP contribution in [0.3, 0.4) is 0 Å². The van der Waals surface area contributed by atoms with Crippen molar-refractivity contribution in [1.82, 2.24) is 25.0 Å². The molecule has 3 fully saturated rings. The fraction of sp³-hybridized carbons (Fsp3) is 0.565. The molecule has 1 aliphatic carbocycles. The molecule has 0 bridgehead atoms. The van der Waals surface area contributed by atoms with Crippen LogP contribution in [0.4, 0.5) is 9.18 Å². The number of aromatic nitrogens is 1. The second kappa shape index (κ2) is 7.82. The van der Waals surface area contributed by atoms with E-state index in [2.05, 4.69) is 15.2 Å². The number of H-pyrrole nitrogens is 1. The molecule has 3 atom stereocenters. The number of nitrogens with zero attached hydrogens (tertiary/aromatic N) is 3. The molecule has 31 heavy (non-hydrogen) atoms. The maximum Gasteiger partial charge on any atom is 0.320 e. The maximum atomic E-state index is 14.1. The normalized spacial score (nSPS) is 27.1. The van der Waals surface area contributed by atoms with E-state index in [0.717, 1.165) is 57.4 Å². The summed E-state index contributed by atoms with van der Waals surface area (Å²) in [6, 6.07) is 5.71. The molecule has 2 N–H and O–H groups in total. The van der Waals surface area contributed by atoms with E-state index in [1.165, 1.54) is 6.07 Å². The third-order valence-electron chi connectivity index (χ3n) is 7.26. The van der Waals surface area contributed by atoms with Crippen molar-refractivity contribution < 1.29 is 14.0 Å². The minimum absolute atomic E-state index is 0.106. The van der Waals surface area contributed by atoms with Gasteiger partial charge in [-0.3, -0.25) is 9.69 Å². The van der Waals surface area contributed by atoms with Crippen LogP contribution >= 0.6 is 0 Å². The molecular weight excluding hydrogens is 397 g/mol. The Hall–Kier alpha value is -2.61. The molecule has 166 valence electrons. The van der Waals surface area contributed by atoms with Crippen molar-refractivity contribution in [3.05, 3.63) is 35.3 Å². The number of benzene rings is 1. The molecule has 2 aromatic rings. The molecular formula is C23H30FN5O2. The van der Waals surface area contributed by atoms with Crippen LogP contribution in [0.15, 0.2) is 18.2 Å². The third kappa shape index (κ3) is 3.67. The Bertz CT molecular complexity index is 982. The smallest absolute Gasteiger partial charge is 0.320 e. The molecule has 5 rings (SSSR count). The van der Waals surface area contributed by atoms with Gasteiger partial charge in [-0.15, -0.1) is 0 Å². The van der Waals surface area contributed by atoms with Gasteiger partial charge in [0.15, 0.2) is 0 Å². The van der Waals surface area contributed by atoms with Gasteiger partial charge in [0.1, 0.15) is 11.5 Å². The Morgan fingerprint density at radius 2 is 2.03 bits per heavy atom. The van der Waals surface area contributed by atoms with Gasteiger partial charge in [0.05, 0.1) is 11.6 Å². The molecule has 1 aromatic carbocycles. The lowest BCUT2D eigenvalue weighted by molar-refractivity contribution is 0.0630. The highest BCUT2D eigenvalue weighted by Gasteiger charge is 2.41. The van der Waals surface area contributed by atoms with E-state index in [9.17, 15) is 14.0 Å². The van der Waals surface area contributed by atoms with Crippen molar-refractivity contribution in [2.45, 2.75) is 50.7 Å². The summed E-state index contributed by atoms with van der Waals surface area (Å²) in [7, 11) is 1.87. The number of rotatable bonds is 3. The minimum atomic E-state index is -0.316. The van der Waals surface area contributed by atoms with E-state index < -0.39 is 0 Å². The first-order valence-electron chi connectivity index (χ1n) is 11.2. The number of aryl methyl sites for hydroxylation is 1. The Morgan fingerprint density at radius 1 is 1.19 bits per heavy atom. The molecule has 3 heterocycles. The fourth-order valence-corrected chi connectivity index (χ4v) is 5.57. The van der Waals surface area contributed by atoms with E-state index in [0.29, 0.717) is 22.6 Å². The highest BCUT2D eigenvalue weighted by Crippen LogP contribution is 2.28. The van der Waals surface area contributed by atoms with Crippen molar-refractivity contribution in [2.75, 3.05) is 33.2 Å². The van der Waals surface area contributed by atoms with Gasteiger partial charge >= 0.3 is 6.03 Å². The molecule has 3 aliphatic rings. The van der Waals surface area contributed by atoms with Crippen LogP contribution in [-0.4, -0.2) is 83.0 Å². The summed E-state index contributed by atoms with van der Waals surface area (Å²) >= 11 is 0. The number of piperazine rings is 1. The standard InChI is InChI=1S/C23H30FN5O2/c1-14-6-7-19(24)18-11-20(26-21(14)18)22(30)25-15-4-3-5-16(10-15)28-8-9-29-17(13-28)12-27(2)23(29)31/h6-7,11,15-17,26H,3-5,8-10,12-13H2,1-2H3,(H,25,30)/t15-,16-,17-/m1/s1. The van der Waals surface area contributed by atoms with Crippen molar-refractivity contribution in [3.63, 3.8) is 0 Å². The van der Waals surface area contributed by atoms with Gasteiger partial charge in [0, 0.05) is 50.7 Å². The number of hydrogen-bond acceptors (Lipinski definition) is 3. The van der Waals surface area contributed by atoms with E-state index >= 15 is 0 Å². The van der Waals surface area contributed by atoms with E-state index in [1.807, 2.05) is 23.8 Å². The van der Waals surface area contributed by atoms with Crippen molar-refractivity contribution in [1.29, 1.82) is 0 Å². The summed E-state index contributed by atoms with van der Waals surface area (Å²) in [5.74, 6) is -0.489. The molecule has 0 unspecified atom stereocenters. The lowest BCUT2D eigenvalue weighted by atomic mass is 9.89. The highest BCUT2D eigenvalue weighted by molar-refractivity contribution is 5.99. The molecule has 0 spiro atoms. The molecule has 2 saturated heterocycles. The first kappa shape index (κ1) is 20.3. The summed E-state index contributed by atoms with van der Waals surface area (Å²) in [4.78, 5) is 34.5.